The van der Waals surface area contributed by atoms with Gasteiger partial charge in [0.2, 0.25) is 0 Å². The fourth-order valence-electron chi connectivity index (χ4n) is 2.38. The Morgan fingerprint density at radius 3 is 2.90 bits per heavy atom. The Kier molecular flexibility index (Phi) is 4.61. The van der Waals surface area contributed by atoms with Crippen molar-refractivity contribution in [2.45, 2.75) is 38.6 Å². The van der Waals surface area contributed by atoms with Crippen LogP contribution in [-0.2, 0) is 17.8 Å². The maximum Gasteiger partial charge on any atom is 0.321 e. The first-order chi connectivity index (χ1) is 9.56. The predicted octanol–water partition coefficient (Wildman–Crippen LogP) is 2.85. The van der Waals surface area contributed by atoms with Gasteiger partial charge in [-0.1, -0.05) is 18.6 Å². The number of hydrogen-bond acceptors (Lipinski definition) is 2. The average molecular weight is 276 g/mol. The van der Waals surface area contributed by atoms with E-state index in [-0.39, 0.29) is 12.5 Å². The number of unbranched alkanes of at least 4 members (excludes halogenated alkanes) is 2. The Morgan fingerprint density at radius 1 is 1.35 bits per heavy atom. The first kappa shape index (κ1) is 14.4. The van der Waals surface area contributed by atoms with Crippen LogP contribution in [0.25, 0.3) is 0 Å². The van der Waals surface area contributed by atoms with E-state index in [1.165, 1.54) is 5.56 Å². The van der Waals surface area contributed by atoms with Gasteiger partial charge in [0, 0.05) is 25.7 Å². The van der Waals surface area contributed by atoms with Gasteiger partial charge in [0.15, 0.2) is 0 Å². The molecule has 0 unspecified atom stereocenters. The number of carbonyl (C=O) groups is 2. The molecule has 2 N–H and O–H groups in total. The van der Waals surface area contributed by atoms with E-state index in [0.29, 0.717) is 6.54 Å². The summed E-state index contributed by atoms with van der Waals surface area (Å²) in [6, 6.07) is 6.04. The SMILES string of the molecule is CN1Cc2cc(CCCCCC(=O)O)ccc2NC1=O. The molecule has 0 aromatic heterocycles. The van der Waals surface area contributed by atoms with Gasteiger partial charge in [0.25, 0.3) is 0 Å². The van der Waals surface area contributed by atoms with Crippen molar-refractivity contribution in [2.75, 3.05) is 12.4 Å². The number of hydrogen-bond donors (Lipinski definition) is 2. The molecule has 2 rings (SSSR count). The molecule has 1 aromatic rings. The Hall–Kier alpha value is -2.04. The zero-order valence-electron chi connectivity index (χ0n) is 11.7. The molecule has 0 spiro atoms. The number of fused-ring (bicyclic) bond motifs is 1. The van der Waals surface area contributed by atoms with E-state index >= 15 is 0 Å². The molecule has 20 heavy (non-hydrogen) atoms. The third kappa shape index (κ3) is 3.73. The summed E-state index contributed by atoms with van der Waals surface area (Å²) in [5, 5.41) is 11.4. The van der Waals surface area contributed by atoms with Crippen molar-refractivity contribution in [1.29, 1.82) is 0 Å². The monoisotopic (exact) mass is 276 g/mol. The minimum Gasteiger partial charge on any atom is -0.481 e. The van der Waals surface area contributed by atoms with E-state index in [9.17, 15) is 9.59 Å². The lowest BCUT2D eigenvalue weighted by Gasteiger charge is -2.26. The Bertz CT molecular complexity index is 514. The number of nitrogens with one attached hydrogen (secondary N) is 1. The molecule has 1 heterocycles. The maximum atomic E-state index is 11.5. The van der Waals surface area contributed by atoms with Crippen LogP contribution in [0.3, 0.4) is 0 Å². The molecule has 0 atom stereocenters. The van der Waals surface area contributed by atoms with E-state index in [1.54, 1.807) is 11.9 Å². The number of benzene rings is 1. The molecule has 5 heteroatoms. The molecule has 0 saturated heterocycles. The highest BCUT2D eigenvalue weighted by Crippen LogP contribution is 2.24. The topological polar surface area (TPSA) is 69.6 Å². The summed E-state index contributed by atoms with van der Waals surface area (Å²) in [7, 11) is 1.77. The third-order valence-corrected chi connectivity index (χ3v) is 3.52. The van der Waals surface area contributed by atoms with Crippen molar-refractivity contribution in [3.8, 4) is 0 Å². The second-order valence-electron chi connectivity index (χ2n) is 5.23. The Morgan fingerprint density at radius 2 is 2.15 bits per heavy atom. The molecule has 1 aliphatic rings. The first-order valence-corrected chi connectivity index (χ1v) is 6.92. The highest BCUT2D eigenvalue weighted by Gasteiger charge is 2.18. The predicted molar refractivity (Wildman–Crippen MR) is 76.7 cm³/mol. The summed E-state index contributed by atoms with van der Waals surface area (Å²) in [6.07, 6.45) is 3.86. The molecule has 0 radical (unpaired) electrons. The van der Waals surface area contributed by atoms with Crippen molar-refractivity contribution >= 4 is 17.7 Å². The van der Waals surface area contributed by atoms with Gasteiger partial charge in [-0.25, -0.2) is 4.79 Å². The fraction of sp³-hybridized carbons (Fsp3) is 0.467. The molecule has 108 valence electrons. The van der Waals surface area contributed by atoms with E-state index in [2.05, 4.69) is 11.4 Å². The smallest absolute Gasteiger partial charge is 0.321 e. The maximum absolute atomic E-state index is 11.5. The molecular weight excluding hydrogens is 256 g/mol. The highest BCUT2D eigenvalue weighted by molar-refractivity contribution is 5.92. The summed E-state index contributed by atoms with van der Waals surface area (Å²) < 4.78 is 0. The number of aryl methyl sites for hydroxylation is 1. The van der Waals surface area contributed by atoms with E-state index in [0.717, 1.165) is 36.9 Å². The van der Waals surface area contributed by atoms with Crippen LogP contribution in [0, 0.1) is 0 Å². The van der Waals surface area contributed by atoms with Gasteiger partial charge in [0.1, 0.15) is 0 Å². The van der Waals surface area contributed by atoms with Crippen molar-refractivity contribution in [1.82, 2.24) is 4.90 Å². The molecule has 0 bridgehead atoms. The number of amides is 2. The molecule has 1 aromatic carbocycles. The van der Waals surface area contributed by atoms with E-state index in [4.69, 9.17) is 5.11 Å². The van der Waals surface area contributed by atoms with Crippen LogP contribution in [0.2, 0.25) is 0 Å². The lowest BCUT2D eigenvalue weighted by atomic mass is 10.0. The molecule has 5 nitrogen and oxygen atoms in total. The summed E-state index contributed by atoms with van der Waals surface area (Å²) in [5.41, 5.74) is 3.27. The van der Waals surface area contributed by atoms with Gasteiger partial charge in [-0.2, -0.15) is 0 Å². The van der Waals surface area contributed by atoms with Crippen LogP contribution in [0.15, 0.2) is 18.2 Å². The second-order valence-corrected chi connectivity index (χ2v) is 5.23. The fourth-order valence-corrected chi connectivity index (χ4v) is 2.38. The van der Waals surface area contributed by atoms with E-state index < -0.39 is 5.97 Å². The number of carbonyl (C=O) groups excluding carboxylic acids is 1. The molecule has 1 aliphatic heterocycles. The van der Waals surface area contributed by atoms with Crippen LogP contribution in [-0.4, -0.2) is 29.1 Å². The number of rotatable bonds is 6. The van der Waals surface area contributed by atoms with Gasteiger partial charge in [0.05, 0.1) is 0 Å². The number of aliphatic carboxylic acids is 1. The van der Waals surface area contributed by atoms with Crippen LogP contribution in [0.1, 0.15) is 36.8 Å². The lowest BCUT2D eigenvalue weighted by Crippen LogP contribution is -2.35. The number of carboxylic acids is 1. The van der Waals surface area contributed by atoms with Crippen molar-refractivity contribution in [2.24, 2.45) is 0 Å². The minimum atomic E-state index is -0.724. The quantitative estimate of drug-likeness (QED) is 0.785. The number of nitrogens with zero attached hydrogens (tertiary/aromatic N) is 1. The molecule has 2 amide bonds. The molecule has 0 fully saturated rings. The summed E-state index contributed by atoms with van der Waals surface area (Å²) in [5.74, 6) is -0.724. The van der Waals surface area contributed by atoms with Crippen LogP contribution >= 0.6 is 0 Å². The standard InChI is InChI=1S/C15H20N2O3/c1-17-10-12-9-11(5-3-2-4-6-14(18)19)7-8-13(12)16-15(17)20/h7-9H,2-6,10H2,1H3,(H,16,20)(H,18,19). The third-order valence-electron chi connectivity index (χ3n) is 3.52. The molecule has 0 saturated carbocycles. The normalized spacial score (nSPS) is 13.8. The summed E-state index contributed by atoms with van der Waals surface area (Å²) >= 11 is 0. The lowest BCUT2D eigenvalue weighted by molar-refractivity contribution is -0.137. The summed E-state index contributed by atoms with van der Waals surface area (Å²) in [4.78, 5) is 23.6. The first-order valence-electron chi connectivity index (χ1n) is 6.92. The number of carboxylic acid groups (broad SMARTS) is 1. The van der Waals surface area contributed by atoms with Crippen LogP contribution < -0.4 is 5.32 Å². The zero-order chi connectivity index (χ0) is 14.5. The Balaban J connectivity index is 1.86. The molecular formula is C15H20N2O3. The second kappa shape index (κ2) is 6.41. The van der Waals surface area contributed by atoms with Gasteiger partial charge in [-0.05, 0) is 36.5 Å². The number of urea groups is 1. The zero-order valence-corrected chi connectivity index (χ0v) is 11.7. The van der Waals surface area contributed by atoms with Crippen molar-refractivity contribution in [3.63, 3.8) is 0 Å². The van der Waals surface area contributed by atoms with Crippen molar-refractivity contribution in [3.05, 3.63) is 29.3 Å². The minimum absolute atomic E-state index is 0.0704. The highest BCUT2D eigenvalue weighted by atomic mass is 16.4. The number of anilines is 1. The summed E-state index contributed by atoms with van der Waals surface area (Å²) in [6.45, 7) is 0.633. The van der Waals surface area contributed by atoms with Gasteiger partial charge >= 0.3 is 12.0 Å². The van der Waals surface area contributed by atoms with Gasteiger partial charge in [-0.3, -0.25) is 4.79 Å². The average Bonchev–Trinajstić information content (AvgIpc) is 2.39. The van der Waals surface area contributed by atoms with Crippen molar-refractivity contribution < 1.29 is 14.7 Å². The molecule has 0 aliphatic carbocycles. The van der Waals surface area contributed by atoms with Crippen LogP contribution in [0.4, 0.5) is 10.5 Å². The van der Waals surface area contributed by atoms with E-state index in [1.807, 2.05) is 12.1 Å². The van der Waals surface area contributed by atoms with Gasteiger partial charge in [-0.15, -0.1) is 0 Å². The Labute approximate surface area is 118 Å². The van der Waals surface area contributed by atoms with Gasteiger partial charge < -0.3 is 15.3 Å². The van der Waals surface area contributed by atoms with Crippen LogP contribution in [0.5, 0.6) is 0 Å². The largest absolute Gasteiger partial charge is 0.481 e.